The molecule has 0 atom stereocenters. The smallest absolute Gasteiger partial charge is 0.349 e. The Labute approximate surface area is 85.4 Å². The number of aromatic amines is 1. The summed E-state index contributed by atoms with van der Waals surface area (Å²) in [5.41, 5.74) is 0.105. The number of phenols is 1. The Hall–Kier alpha value is -2.30. The summed E-state index contributed by atoms with van der Waals surface area (Å²) in [5, 5.41) is 9.38. The van der Waals surface area contributed by atoms with Crippen LogP contribution in [-0.2, 0) is 0 Å². The van der Waals surface area contributed by atoms with E-state index in [2.05, 4.69) is 9.97 Å². The lowest BCUT2D eigenvalue weighted by molar-refractivity contribution is 0.0718. The molecule has 2 N–H and O–H groups in total. The second-order valence-electron chi connectivity index (χ2n) is 2.80. The van der Waals surface area contributed by atoms with Gasteiger partial charge in [0.15, 0.2) is 0 Å². The summed E-state index contributed by atoms with van der Waals surface area (Å²) in [6, 6.07) is 6.25. The highest BCUT2D eigenvalue weighted by atomic mass is 16.5. The van der Waals surface area contributed by atoms with Gasteiger partial charge in [-0.1, -0.05) is 12.1 Å². The van der Waals surface area contributed by atoms with Crippen LogP contribution in [0.5, 0.6) is 11.8 Å². The SMILES string of the molecule is O=C(Oc1ncc[nH]1)c1ccccc1O. The van der Waals surface area contributed by atoms with Crippen LogP contribution in [0.15, 0.2) is 36.7 Å². The molecule has 0 bridgehead atoms. The van der Waals surface area contributed by atoms with Gasteiger partial charge in [0.1, 0.15) is 11.3 Å². The molecule has 5 heteroatoms. The van der Waals surface area contributed by atoms with Crippen molar-refractivity contribution in [3.05, 3.63) is 42.2 Å². The molecule has 0 unspecified atom stereocenters. The molecule has 0 aliphatic carbocycles. The standard InChI is InChI=1S/C10H8N2O3/c13-8-4-2-1-3-7(8)9(14)15-10-11-5-6-12-10/h1-6,13H,(H,11,12). The highest BCUT2D eigenvalue weighted by molar-refractivity contribution is 5.93. The lowest BCUT2D eigenvalue weighted by Gasteiger charge is -2.02. The predicted molar refractivity (Wildman–Crippen MR) is 51.7 cm³/mol. The quantitative estimate of drug-likeness (QED) is 0.723. The first kappa shape index (κ1) is 9.26. The molecule has 0 saturated heterocycles. The predicted octanol–water partition coefficient (Wildman–Crippen LogP) is 1.33. The number of carbonyl (C=O) groups excluding carboxylic acids is 1. The summed E-state index contributed by atoms with van der Waals surface area (Å²) < 4.78 is 4.86. The first-order valence-electron chi connectivity index (χ1n) is 4.27. The van der Waals surface area contributed by atoms with Crippen LogP contribution in [-0.4, -0.2) is 21.0 Å². The van der Waals surface area contributed by atoms with Crippen molar-refractivity contribution >= 4 is 5.97 Å². The molecule has 1 aromatic carbocycles. The molecule has 2 aromatic rings. The van der Waals surface area contributed by atoms with Crippen LogP contribution >= 0.6 is 0 Å². The van der Waals surface area contributed by atoms with Gasteiger partial charge in [-0.3, -0.25) is 0 Å². The van der Waals surface area contributed by atoms with Crippen LogP contribution in [0.4, 0.5) is 0 Å². The molecule has 1 heterocycles. The molecule has 0 amide bonds. The van der Waals surface area contributed by atoms with Crippen LogP contribution < -0.4 is 4.74 Å². The molecule has 0 aliphatic heterocycles. The van der Waals surface area contributed by atoms with E-state index in [1.165, 1.54) is 24.5 Å². The van der Waals surface area contributed by atoms with Gasteiger partial charge in [-0.25, -0.2) is 9.78 Å². The van der Waals surface area contributed by atoms with Crippen LogP contribution in [0.1, 0.15) is 10.4 Å². The van der Waals surface area contributed by atoms with Gasteiger partial charge in [-0.15, -0.1) is 0 Å². The Kier molecular flexibility index (Phi) is 2.37. The number of imidazole rings is 1. The van der Waals surface area contributed by atoms with Gasteiger partial charge in [0, 0.05) is 12.4 Å². The van der Waals surface area contributed by atoms with E-state index in [4.69, 9.17) is 4.74 Å². The molecule has 0 spiro atoms. The van der Waals surface area contributed by atoms with Gasteiger partial charge in [-0.05, 0) is 12.1 Å². The van der Waals surface area contributed by atoms with Gasteiger partial charge in [0.2, 0.25) is 0 Å². The first-order chi connectivity index (χ1) is 7.27. The molecule has 1 aromatic heterocycles. The summed E-state index contributed by atoms with van der Waals surface area (Å²) in [6.45, 7) is 0. The van der Waals surface area contributed by atoms with Gasteiger partial charge >= 0.3 is 12.0 Å². The van der Waals surface area contributed by atoms with E-state index in [9.17, 15) is 9.90 Å². The highest BCUT2D eigenvalue weighted by Gasteiger charge is 2.13. The van der Waals surface area contributed by atoms with Crippen molar-refractivity contribution in [2.45, 2.75) is 0 Å². The molecule has 2 rings (SSSR count). The zero-order valence-electron chi connectivity index (χ0n) is 7.68. The Morgan fingerprint density at radius 1 is 1.40 bits per heavy atom. The number of H-pyrrole nitrogens is 1. The van der Waals surface area contributed by atoms with Gasteiger partial charge < -0.3 is 14.8 Å². The average Bonchev–Trinajstić information content (AvgIpc) is 2.71. The zero-order valence-corrected chi connectivity index (χ0v) is 7.68. The fourth-order valence-electron chi connectivity index (χ4n) is 1.10. The number of hydrogen-bond donors (Lipinski definition) is 2. The molecular weight excluding hydrogens is 196 g/mol. The zero-order chi connectivity index (χ0) is 10.7. The second kappa shape index (κ2) is 3.83. The fourth-order valence-corrected chi connectivity index (χ4v) is 1.10. The number of nitrogens with one attached hydrogen (secondary N) is 1. The molecule has 15 heavy (non-hydrogen) atoms. The van der Waals surface area contributed by atoms with Crippen molar-refractivity contribution in [2.75, 3.05) is 0 Å². The number of hydrogen-bond acceptors (Lipinski definition) is 4. The van der Waals surface area contributed by atoms with E-state index in [1.807, 2.05) is 0 Å². The normalized spacial score (nSPS) is 9.87. The molecule has 5 nitrogen and oxygen atoms in total. The van der Waals surface area contributed by atoms with Crippen molar-refractivity contribution in [3.63, 3.8) is 0 Å². The van der Waals surface area contributed by atoms with E-state index in [1.54, 1.807) is 12.1 Å². The summed E-state index contributed by atoms with van der Waals surface area (Å²) in [4.78, 5) is 17.8. The van der Waals surface area contributed by atoms with Crippen molar-refractivity contribution in [3.8, 4) is 11.8 Å². The third-order valence-electron chi connectivity index (χ3n) is 1.79. The van der Waals surface area contributed by atoms with Crippen LogP contribution in [0.3, 0.4) is 0 Å². The largest absolute Gasteiger partial charge is 0.507 e. The van der Waals surface area contributed by atoms with Gasteiger partial charge in [-0.2, -0.15) is 0 Å². The summed E-state index contributed by atoms with van der Waals surface area (Å²) in [7, 11) is 0. The van der Waals surface area contributed by atoms with Crippen molar-refractivity contribution in [1.29, 1.82) is 0 Å². The number of ether oxygens (including phenoxy) is 1. The Morgan fingerprint density at radius 2 is 2.20 bits per heavy atom. The summed E-state index contributed by atoms with van der Waals surface area (Å²) in [5.74, 6) is -0.767. The van der Waals surface area contributed by atoms with E-state index in [0.717, 1.165) is 0 Å². The molecule has 0 saturated carbocycles. The summed E-state index contributed by atoms with van der Waals surface area (Å²) >= 11 is 0. The number of esters is 1. The Bertz CT molecular complexity index is 465. The van der Waals surface area contributed by atoms with Crippen molar-refractivity contribution < 1.29 is 14.6 Å². The maximum absolute atomic E-state index is 11.5. The highest BCUT2D eigenvalue weighted by Crippen LogP contribution is 2.17. The topological polar surface area (TPSA) is 75.2 Å². The van der Waals surface area contributed by atoms with Crippen LogP contribution in [0.2, 0.25) is 0 Å². The number of para-hydroxylation sites is 1. The van der Waals surface area contributed by atoms with E-state index >= 15 is 0 Å². The minimum atomic E-state index is -0.650. The Balaban J connectivity index is 2.19. The number of benzene rings is 1. The number of rotatable bonds is 2. The number of phenolic OH excluding ortho intramolecular Hbond substituents is 1. The van der Waals surface area contributed by atoms with E-state index < -0.39 is 5.97 Å². The van der Waals surface area contributed by atoms with Crippen LogP contribution in [0, 0.1) is 0 Å². The number of aromatic nitrogens is 2. The van der Waals surface area contributed by atoms with Crippen molar-refractivity contribution in [2.24, 2.45) is 0 Å². The van der Waals surface area contributed by atoms with Crippen molar-refractivity contribution in [1.82, 2.24) is 9.97 Å². The Morgan fingerprint density at radius 3 is 2.87 bits per heavy atom. The third-order valence-corrected chi connectivity index (χ3v) is 1.79. The number of carbonyl (C=O) groups is 1. The molecule has 0 radical (unpaired) electrons. The molecular formula is C10H8N2O3. The molecule has 0 aliphatic rings. The maximum Gasteiger partial charge on any atom is 0.349 e. The fraction of sp³-hybridized carbons (Fsp3) is 0. The average molecular weight is 204 g/mol. The van der Waals surface area contributed by atoms with Crippen LogP contribution in [0.25, 0.3) is 0 Å². The minimum Gasteiger partial charge on any atom is -0.507 e. The third kappa shape index (κ3) is 1.96. The number of nitrogens with zero attached hydrogens (tertiary/aromatic N) is 1. The maximum atomic E-state index is 11.5. The van der Waals surface area contributed by atoms with E-state index in [-0.39, 0.29) is 17.3 Å². The number of aromatic hydroxyl groups is 1. The minimum absolute atomic E-state index is 0.100. The summed E-state index contributed by atoms with van der Waals surface area (Å²) in [6.07, 6.45) is 3.00. The lowest BCUT2D eigenvalue weighted by atomic mass is 10.2. The first-order valence-corrected chi connectivity index (χ1v) is 4.27. The molecule has 76 valence electrons. The van der Waals surface area contributed by atoms with Gasteiger partial charge in [0.05, 0.1) is 0 Å². The van der Waals surface area contributed by atoms with Gasteiger partial charge in [0.25, 0.3) is 0 Å². The van der Waals surface area contributed by atoms with E-state index in [0.29, 0.717) is 0 Å². The second-order valence-corrected chi connectivity index (χ2v) is 2.80. The monoisotopic (exact) mass is 204 g/mol. The lowest BCUT2D eigenvalue weighted by Crippen LogP contribution is -2.09. The molecule has 0 fully saturated rings.